The summed E-state index contributed by atoms with van der Waals surface area (Å²) in [7, 11) is 2.33. The first-order valence-electron chi connectivity index (χ1n) is 7.70. The van der Waals surface area contributed by atoms with Crippen LogP contribution in [0.1, 0.15) is 64.7 Å². The fraction of sp³-hybridized carbons (Fsp3) is 1.00. The Labute approximate surface area is 107 Å². The molecule has 3 unspecified atom stereocenters. The van der Waals surface area contributed by atoms with Crippen LogP contribution < -0.4 is 5.73 Å². The lowest BCUT2D eigenvalue weighted by Crippen LogP contribution is -2.52. The third-order valence-electron chi connectivity index (χ3n) is 5.10. The van der Waals surface area contributed by atoms with Crippen LogP contribution >= 0.6 is 0 Å². The molecule has 2 fully saturated rings. The van der Waals surface area contributed by atoms with Crippen molar-refractivity contribution in [1.82, 2.24) is 4.90 Å². The van der Waals surface area contributed by atoms with Crippen LogP contribution in [0.4, 0.5) is 0 Å². The van der Waals surface area contributed by atoms with Crippen molar-refractivity contribution < 1.29 is 0 Å². The molecule has 0 amide bonds. The summed E-state index contributed by atoms with van der Waals surface area (Å²) in [6.45, 7) is 2.31. The smallest absolute Gasteiger partial charge is 0.0249 e. The first-order valence-corrected chi connectivity index (χ1v) is 7.70. The molecule has 3 atom stereocenters. The van der Waals surface area contributed by atoms with E-state index >= 15 is 0 Å². The maximum atomic E-state index is 6.36. The van der Waals surface area contributed by atoms with E-state index in [1.807, 2.05) is 0 Å². The SMILES string of the molecule is CCCC1CCC(N)C(N(C)C2CCCC2)C1. The number of hydrogen-bond donors (Lipinski definition) is 1. The van der Waals surface area contributed by atoms with E-state index in [0.717, 1.165) is 12.0 Å². The van der Waals surface area contributed by atoms with E-state index in [1.165, 1.54) is 57.8 Å². The van der Waals surface area contributed by atoms with Gasteiger partial charge in [-0.1, -0.05) is 32.6 Å². The Morgan fingerprint density at radius 1 is 1.12 bits per heavy atom. The van der Waals surface area contributed by atoms with Gasteiger partial charge in [0.25, 0.3) is 0 Å². The van der Waals surface area contributed by atoms with Crippen LogP contribution in [0.25, 0.3) is 0 Å². The number of rotatable bonds is 4. The van der Waals surface area contributed by atoms with E-state index in [0.29, 0.717) is 12.1 Å². The molecule has 0 aromatic rings. The van der Waals surface area contributed by atoms with Crippen LogP contribution in [-0.4, -0.2) is 30.1 Å². The molecule has 0 saturated heterocycles. The van der Waals surface area contributed by atoms with Gasteiger partial charge in [0, 0.05) is 18.1 Å². The van der Waals surface area contributed by atoms with Gasteiger partial charge in [0.05, 0.1) is 0 Å². The van der Waals surface area contributed by atoms with E-state index in [4.69, 9.17) is 5.73 Å². The van der Waals surface area contributed by atoms with Gasteiger partial charge in [-0.15, -0.1) is 0 Å². The van der Waals surface area contributed by atoms with Gasteiger partial charge in [-0.2, -0.15) is 0 Å². The Balaban J connectivity index is 1.91. The van der Waals surface area contributed by atoms with E-state index < -0.39 is 0 Å². The fourth-order valence-electron chi connectivity index (χ4n) is 3.98. The standard InChI is InChI=1S/C15H30N2/c1-3-6-12-9-10-14(16)15(11-12)17(2)13-7-4-5-8-13/h12-15H,3-11,16H2,1-2H3. The molecule has 2 heteroatoms. The van der Waals surface area contributed by atoms with Gasteiger partial charge in [-0.25, -0.2) is 0 Å². The monoisotopic (exact) mass is 238 g/mol. The van der Waals surface area contributed by atoms with Crippen LogP contribution in [0.3, 0.4) is 0 Å². The molecule has 2 rings (SSSR count). The van der Waals surface area contributed by atoms with E-state index in [9.17, 15) is 0 Å². The normalized spacial score (nSPS) is 35.6. The first kappa shape index (κ1) is 13.4. The molecule has 0 heterocycles. The van der Waals surface area contributed by atoms with Crippen LogP contribution in [0, 0.1) is 5.92 Å². The minimum atomic E-state index is 0.425. The first-order chi connectivity index (χ1) is 8.22. The number of nitrogens with zero attached hydrogens (tertiary/aromatic N) is 1. The molecule has 0 aromatic carbocycles. The van der Waals surface area contributed by atoms with Gasteiger partial charge in [0.1, 0.15) is 0 Å². The topological polar surface area (TPSA) is 29.3 Å². The molecule has 2 saturated carbocycles. The van der Waals surface area contributed by atoms with E-state index in [1.54, 1.807) is 0 Å². The van der Waals surface area contributed by atoms with Gasteiger partial charge < -0.3 is 5.73 Å². The zero-order chi connectivity index (χ0) is 12.3. The summed E-state index contributed by atoms with van der Waals surface area (Å²) in [5.74, 6) is 0.939. The second kappa shape index (κ2) is 6.19. The zero-order valence-electron chi connectivity index (χ0n) is 11.7. The molecule has 2 N–H and O–H groups in total. The molecule has 2 aliphatic rings. The number of hydrogen-bond acceptors (Lipinski definition) is 2. The van der Waals surface area contributed by atoms with Crippen molar-refractivity contribution in [3.63, 3.8) is 0 Å². The highest BCUT2D eigenvalue weighted by molar-refractivity contribution is 4.91. The van der Waals surface area contributed by atoms with Crippen LogP contribution in [0.5, 0.6) is 0 Å². The Kier molecular flexibility index (Phi) is 4.87. The quantitative estimate of drug-likeness (QED) is 0.815. The third-order valence-corrected chi connectivity index (χ3v) is 5.10. The average Bonchev–Trinajstić information content (AvgIpc) is 2.85. The average molecular weight is 238 g/mol. The molecule has 2 nitrogen and oxygen atoms in total. The second-order valence-corrected chi connectivity index (χ2v) is 6.30. The Morgan fingerprint density at radius 2 is 1.82 bits per heavy atom. The summed E-state index contributed by atoms with van der Waals surface area (Å²) in [5, 5.41) is 0. The van der Waals surface area contributed by atoms with Gasteiger partial charge in [0.2, 0.25) is 0 Å². The summed E-state index contributed by atoms with van der Waals surface area (Å²) in [4.78, 5) is 2.64. The Hall–Kier alpha value is -0.0800. The lowest BCUT2D eigenvalue weighted by atomic mass is 9.79. The van der Waals surface area contributed by atoms with Crippen molar-refractivity contribution in [3.8, 4) is 0 Å². The zero-order valence-corrected chi connectivity index (χ0v) is 11.7. The predicted molar refractivity (Wildman–Crippen MR) is 74.0 cm³/mol. The van der Waals surface area contributed by atoms with Gasteiger partial charge >= 0.3 is 0 Å². The minimum absolute atomic E-state index is 0.425. The molecule has 0 aromatic heterocycles. The van der Waals surface area contributed by atoms with E-state index in [-0.39, 0.29) is 0 Å². The lowest BCUT2D eigenvalue weighted by Gasteiger charge is -2.42. The molecule has 0 bridgehead atoms. The molecule has 17 heavy (non-hydrogen) atoms. The van der Waals surface area contributed by atoms with Gasteiger partial charge in [-0.3, -0.25) is 4.90 Å². The van der Waals surface area contributed by atoms with E-state index in [2.05, 4.69) is 18.9 Å². The van der Waals surface area contributed by atoms with Crippen LogP contribution in [-0.2, 0) is 0 Å². The fourth-order valence-corrected chi connectivity index (χ4v) is 3.98. The molecule has 0 radical (unpaired) electrons. The van der Waals surface area contributed by atoms with Crippen molar-refractivity contribution in [2.24, 2.45) is 11.7 Å². The summed E-state index contributed by atoms with van der Waals surface area (Å²) >= 11 is 0. The van der Waals surface area contributed by atoms with Gasteiger partial charge in [-0.05, 0) is 45.1 Å². The summed E-state index contributed by atoms with van der Waals surface area (Å²) in [5.41, 5.74) is 6.36. The predicted octanol–water partition coefficient (Wildman–Crippen LogP) is 3.16. The number of nitrogens with two attached hydrogens (primary N) is 1. The molecule has 2 aliphatic carbocycles. The van der Waals surface area contributed by atoms with Crippen LogP contribution in [0.2, 0.25) is 0 Å². The molecule has 100 valence electrons. The highest BCUT2D eigenvalue weighted by Crippen LogP contribution is 2.33. The number of likely N-dealkylation sites (N-methyl/N-ethyl adjacent to an activating group) is 1. The molecule has 0 spiro atoms. The van der Waals surface area contributed by atoms with Gasteiger partial charge in [0.15, 0.2) is 0 Å². The van der Waals surface area contributed by atoms with Crippen molar-refractivity contribution in [2.45, 2.75) is 82.8 Å². The summed E-state index contributed by atoms with van der Waals surface area (Å²) in [6.07, 6.45) is 12.3. The van der Waals surface area contributed by atoms with Crippen molar-refractivity contribution in [2.75, 3.05) is 7.05 Å². The van der Waals surface area contributed by atoms with Crippen LogP contribution in [0.15, 0.2) is 0 Å². The lowest BCUT2D eigenvalue weighted by molar-refractivity contribution is 0.0962. The Bertz CT molecular complexity index is 223. The second-order valence-electron chi connectivity index (χ2n) is 6.30. The van der Waals surface area contributed by atoms with Crippen molar-refractivity contribution in [3.05, 3.63) is 0 Å². The summed E-state index contributed by atoms with van der Waals surface area (Å²) < 4.78 is 0. The van der Waals surface area contributed by atoms with Crippen molar-refractivity contribution >= 4 is 0 Å². The summed E-state index contributed by atoms with van der Waals surface area (Å²) in [6, 6.07) is 1.91. The highest BCUT2D eigenvalue weighted by atomic mass is 15.2. The van der Waals surface area contributed by atoms with Crippen molar-refractivity contribution in [1.29, 1.82) is 0 Å². The largest absolute Gasteiger partial charge is 0.326 e. The maximum Gasteiger partial charge on any atom is 0.0249 e. The minimum Gasteiger partial charge on any atom is -0.326 e. The Morgan fingerprint density at radius 3 is 2.47 bits per heavy atom. The molecule has 0 aliphatic heterocycles. The molecular weight excluding hydrogens is 208 g/mol. The molecular formula is C15H30N2. The third kappa shape index (κ3) is 3.23. The maximum absolute atomic E-state index is 6.36. The highest BCUT2D eigenvalue weighted by Gasteiger charge is 2.34.